The van der Waals surface area contributed by atoms with E-state index in [1.54, 1.807) is 6.26 Å². The molecule has 0 aromatic carbocycles. The predicted octanol–water partition coefficient (Wildman–Crippen LogP) is 2.11. The van der Waals surface area contributed by atoms with Crippen LogP contribution in [-0.4, -0.2) is 6.61 Å². The first-order valence-corrected chi connectivity index (χ1v) is 3.51. The van der Waals surface area contributed by atoms with E-state index in [1.807, 2.05) is 6.07 Å². The quantitative estimate of drug-likeness (QED) is 0.632. The van der Waals surface area contributed by atoms with Crippen LogP contribution in [0.5, 0.6) is 0 Å². The fourth-order valence-electron chi connectivity index (χ4n) is 0.709. The molecule has 2 heterocycles. The first-order valence-electron chi connectivity index (χ1n) is 2.72. The van der Waals surface area contributed by atoms with Gasteiger partial charge >= 0.3 is 0 Å². The van der Waals surface area contributed by atoms with Gasteiger partial charge in [0.1, 0.15) is 18.1 Å². The molecule has 2 nitrogen and oxygen atoms in total. The van der Waals surface area contributed by atoms with Gasteiger partial charge in [-0.25, -0.2) is 0 Å². The lowest BCUT2D eigenvalue weighted by atomic mass is 10.4. The number of ether oxygens (including phenoxy) is 1. The molecule has 1 aliphatic rings. The molecule has 1 atom stereocenters. The van der Waals surface area contributed by atoms with Crippen LogP contribution in [0.1, 0.15) is 11.9 Å². The van der Waals surface area contributed by atoms with Crippen LogP contribution in [0, 0.1) is 0 Å². The molecule has 0 unspecified atom stereocenters. The van der Waals surface area contributed by atoms with Gasteiger partial charge in [0.15, 0.2) is 0 Å². The predicted molar refractivity (Wildman–Crippen MR) is 35.1 cm³/mol. The maximum Gasteiger partial charge on any atom is 0.139 e. The van der Waals surface area contributed by atoms with E-state index >= 15 is 0 Å². The highest BCUT2D eigenvalue weighted by molar-refractivity contribution is 9.10. The van der Waals surface area contributed by atoms with Gasteiger partial charge in [0, 0.05) is 0 Å². The average Bonchev–Trinajstić information content (AvgIpc) is 2.58. The van der Waals surface area contributed by atoms with Gasteiger partial charge in [-0.2, -0.15) is 0 Å². The summed E-state index contributed by atoms with van der Waals surface area (Å²) in [7, 11) is 0. The maximum atomic E-state index is 5.12. The molecule has 1 fully saturated rings. The van der Waals surface area contributed by atoms with Gasteiger partial charge in [0.25, 0.3) is 0 Å². The largest absolute Gasteiger partial charge is 0.465 e. The summed E-state index contributed by atoms with van der Waals surface area (Å²) in [5.74, 6) is 0.918. The summed E-state index contributed by atoms with van der Waals surface area (Å²) < 4.78 is 11.1. The summed E-state index contributed by atoms with van der Waals surface area (Å²) >= 11 is 3.28. The summed E-state index contributed by atoms with van der Waals surface area (Å²) in [6, 6.07) is 1.93. The molecule has 1 aliphatic heterocycles. The minimum Gasteiger partial charge on any atom is -0.465 e. The van der Waals surface area contributed by atoms with Crippen LogP contribution in [0.25, 0.3) is 0 Å². The molecule has 2 rings (SSSR count). The molecular formula is C6H5BrO2. The Morgan fingerprint density at radius 3 is 2.89 bits per heavy atom. The molecule has 0 radical (unpaired) electrons. The van der Waals surface area contributed by atoms with Crippen LogP contribution in [0.15, 0.2) is 21.2 Å². The first kappa shape index (κ1) is 5.50. The molecule has 1 aromatic heterocycles. The molecule has 1 aromatic rings. The Hall–Kier alpha value is -0.280. The smallest absolute Gasteiger partial charge is 0.139 e. The number of hydrogen-bond donors (Lipinski definition) is 0. The Balaban J connectivity index is 2.28. The zero-order chi connectivity index (χ0) is 6.27. The van der Waals surface area contributed by atoms with Gasteiger partial charge in [0.2, 0.25) is 0 Å². The number of halogens is 1. The standard InChI is InChI=1S/C6H5BrO2/c7-4-1-5(8-2-4)6-3-9-6/h1-2,6H,3H2/t6-/m0/s1. The van der Waals surface area contributed by atoms with Gasteiger partial charge in [0.05, 0.1) is 11.1 Å². The third kappa shape index (κ3) is 1.02. The van der Waals surface area contributed by atoms with Crippen LogP contribution >= 0.6 is 15.9 Å². The first-order chi connectivity index (χ1) is 4.36. The summed E-state index contributed by atoms with van der Waals surface area (Å²) in [6.45, 7) is 0.806. The highest BCUT2D eigenvalue weighted by Gasteiger charge is 2.27. The Labute approximate surface area is 60.9 Å². The molecule has 0 saturated carbocycles. The van der Waals surface area contributed by atoms with E-state index in [2.05, 4.69) is 15.9 Å². The Bertz CT molecular complexity index is 215. The Morgan fingerprint density at radius 1 is 1.67 bits per heavy atom. The SMILES string of the molecule is Brc1coc([C@@H]2CO2)c1. The lowest BCUT2D eigenvalue weighted by Crippen LogP contribution is -1.69. The van der Waals surface area contributed by atoms with Crippen molar-refractivity contribution in [1.82, 2.24) is 0 Å². The van der Waals surface area contributed by atoms with Crippen LogP contribution in [0.3, 0.4) is 0 Å². The van der Waals surface area contributed by atoms with Crippen molar-refractivity contribution in [1.29, 1.82) is 0 Å². The molecule has 0 spiro atoms. The number of rotatable bonds is 1. The van der Waals surface area contributed by atoms with Crippen LogP contribution < -0.4 is 0 Å². The van der Waals surface area contributed by atoms with Crippen molar-refractivity contribution in [3.8, 4) is 0 Å². The molecular weight excluding hydrogens is 184 g/mol. The highest BCUT2D eigenvalue weighted by Crippen LogP contribution is 2.31. The van der Waals surface area contributed by atoms with E-state index < -0.39 is 0 Å². The van der Waals surface area contributed by atoms with Gasteiger partial charge in [-0.05, 0) is 22.0 Å². The third-order valence-corrected chi connectivity index (χ3v) is 1.65. The van der Waals surface area contributed by atoms with Crippen molar-refractivity contribution >= 4 is 15.9 Å². The summed E-state index contributed by atoms with van der Waals surface area (Å²) in [6.07, 6.45) is 1.90. The third-order valence-electron chi connectivity index (χ3n) is 1.24. The van der Waals surface area contributed by atoms with E-state index in [4.69, 9.17) is 9.15 Å². The van der Waals surface area contributed by atoms with E-state index in [1.165, 1.54) is 0 Å². The van der Waals surface area contributed by atoms with E-state index in [-0.39, 0.29) is 6.10 Å². The second-order valence-electron chi connectivity index (χ2n) is 1.99. The second kappa shape index (κ2) is 1.85. The monoisotopic (exact) mass is 188 g/mol. The lowest BCUT2D eigenvalue weighted by Gasteiger charge is -1.79. The molecule has 1 saturated heterocycles. The zero-order valence-corrected chi connectivity index (χ0v) is 6.22. The topological polar surface area (TPSA) is 25.7 Å². The highest BCUT2D eigenvalue weighted by atomic mass is 79.9. The number of hydrogen-bond acceptors (Lipinski definition) is 2. The molecule has 0 amide bonds. The molecule has 48 valence electrons. The van der Waals surface area contributed by atoms with Gasteiger partial charge < -0.3 is 9.15 Å². The summed E-state index contributed by atoms with van der Waals surface area (Å²) in [4.78, 5) is 0. The number of furan rings is 1. The van der Waals surface area contributed by atoms with Crippen molar-refractivity contribution in [3.63, 3.8) is 0 Å². The van der Waals surface area contributed by atoms with Crippen molar-refractivity contribution in [2.24, 2.45) is 0 Å². The van der Waals surface area contributed by atoms with Crippen LogP contribution in [0.2, 0.25) is 0 Å². The van der Waals surface area contributed by atoms with Crippen LogP contribution in [-0.2, 0) is 4.74 Å². The van der Waals surface area contributed by atoms with Crippen LogP contribution in [0.4, 0.5) is 0 Å². The van der Waals surface area contributed by atoms with Crippen molar-refractivity contribution in [2.75, 3.05) is 6.61 Å². The molecule has 9 heavy (non-hydrogen) atoms. The van der Waals surface area contributed by atoms with Gasteiger partial charge in [-0.3, -0.25) is 0 Å². The van der Waals surface area contributed by atoms with E-state index in [0.717, 1.165) is 16.8 Å². The second-order valence-corrected chi connectivity index (χ2v) is 2.90. The molecule has 0 aliphatic carbocycles. The van der Waals surface area contributed by atoms with Gasteiger partial charge in [-0.1, -0.05) is 0 Å². The Kier molecular flexibility index (Phi) is 1.13. The Morgan fingerprint density at radius 2 is 2.44 bits per heavy atom. The minimum atomic E-state index is 0.233. The summed E-state index contributed by atoms with van der Waals surface area (Å²) in [5.41, 5.74) is 0. The minimum absolute atomic E-state index is 0.233. The van der Waals surface area contributed by atoms with Gasteiger partial charge in [-0.15, -0.1) is 0 Å². The van der Waals surface area contributed by atoms with E-state index in [9.17, 15) is 0 Å². The summed E-state index contributed by atoms with van der Waals surface area (Å²) in [5, 5.41) is 0. The fourth-order valence-corrected chi connectivity index (χ4v) is 1.03. The zero-order valence-electron chi connectivity index (χ0n) is 4.63. The lowest BCUT2D eigenvalue weighted by molar-refractivity contribution is 0.370. The van der Waals surface area contributed by atoms with Crippen molar-refractivity contribution in [3.05, 3.63) is 22.6 Å². The molecule has 0 bridgehead atoms. The van der Waals surface area contributed by atoms with Crippen molar-refractivity contribution in [2.45, 2.75) is 6.10 Å². The average molecular weight is 189 g/mol. The molecule has 0 N–H and O–H groups in total. The van der Waals surface area contributed by atoms with E-state index in [0.29, 0.717) is 0 Å². The number of epoxide rings is 1. The fraction of sp³-hybridized carbons (Fsp3) is 0.333. The normalized spacial score (nSPS) is 24.3. The van der Waals surface area contributed by atoms with Crippen molar-refractivity contribution < 1.29 is 9.15 Å². The maximum absolute atomic E-state index is 5.12. The molecule has 3 heteroatoms.